The molecule has 32 heavy (non-hydrogen) atoms. The summed E-state index contributed by atoms with van der Waals surface area (Å²) in [5.41, 5.74) is 6.97. The molecule has 5 aromatic rings. The third-order valence-electron chi connectivity index (χ3n) is 5.89. The molecule has 0 saturated heterocycles. The summed E-state index contributed by atoms with van der Waals surface area (Å²) in [4.78, 5) is 4.78. The number of benzene rings is 3. The molecule has 0 aliphatic rings. The van der Waals surface area contributed by atoms with Crippen LogP contribution in [0.1, 0.15) is 43.0 Å². The Morgan fingerprint density at radius 3 is 2.31 bits per heavy atom. The number of nitriles is 1. The summed E-state index contributed by atoms with van der Waals surface area (Å²) < 4.78 is 2.62. The summed E-state index contributed by atoms with van der Waals surface area (Å²) in [5, 5.41) is 14.8. The average molecular weight is 482 g/mol. The third kappa shape index (κ3) is 3.65. The van der Waals surface area contributed by atoms with Crippen molar-refractivity contribution in [1.82, 2.24) is 4.98 Å². The van der Waals surface area contributed by atoms with E-state index in [0.717, 1.165) is 23.1 Å². The zero-order chi connectivity index (χ0) is 22.6. The second kappa shape index (κ2) is 7.59. The number of aromatic nitrogens is 1. The molecule has 0 unspecified atom stereocenters. The van der Waals surface area contributed by atoms with Crippen LogP contribution in [0.15, 0.2) is 54.7 Å². The van der Waals surface area contributed by atoms with E-state index in [1.54, 1.807) is 6.20 Å². The molecule has 0 atom stereocenters. The molecule has 2 heterocycles. The van der Waals surface area contributed by atoms with Crippen molar-refractivity contribution in [3.63, 3.8) is 0 Å². The molecule has 0 amide bonds. The van der Waals surface area contributed by atoms with Crippen molar-refractivity contribution in [3.05, 3.63) is 77.0 Å². The van der Waals surface area contributed by atoms with Gasteiger partial charge in [0.05, 0.1) is 0 Å². The number of nitrogens with zero attached hydrogens (tertiary/aromatic N) is 2. The van der Waals surface area contributed by atoms with Gasteiger partial charge in [-0.15, -0.1) is 0 Å². The van der Waals surface area contributed by atoms with Crippen molar-refractivity contribution in [1.29, 1.82) is 5.26 Å². The molecule has 0 aliphatic carbocycles. The molecule has 0 aliphatic heterocycles. The molecule has 2 nitrogen and oxygen atoms in total. The van der Waals surface area contributed by atoms with Crippen molar-refractivity contribution in [2.45, 2.75) is 41.0 Å². The van der Waals surface area contributed by atoms with Gasteiger partial charge in [-0.2, -0.15) is 0 Å². The van der Waals surface area contributed by atoms with Crippen LogP contribution in [0.4, 0.5) is 0 Å². The van der Waals surface area contributed by atoms with Crippen molar-refractivity contribution in [2.75, 3.05) is 0 Å². The molecule has 0 fully saturated rings. The Hall–Kier alpha value is -2.92. The van der Waals surface area contributed by atoms with Gasteiger partial charge in [-0.1, -0.05) is 0 Å². The Morgan fingerprint density at radius 1 is 0.906 bits per heavy atom. The maximum atomic E-state index is 9.85. The van der Waals surface area contributed by atoms with E-state index in [1.807, 2.05) is 0 Å². The summed E-state index contributed by atoms with van der Waals surface area (Å²) in [7, 11) is 0. The van der Waals surface area contributed by atoms with Gasteiger partial charge in [-0.3, -0.25) is 0 Å². The summed E-state index contributed by atoms with van der Waals surface area (Å²) in [6, 6.07) is 20.4. The number of aryl methyl sites for hydroxylation is 2. The first-order valence-corrected chi connectivity index (χ1v) is 12.7. The second-order valence-corrected chi connectivity index (χ2v) is 12.2. The monoisotopic (exact) mass is 482 g/mol. The molecule has 158 valence electrons. The van der Waals surface area contributed by atoms with E-state index in [9.17, 15) is 5.26 Å². The molecule has 3 heteroatoms. The topological polar surface area (TPSA) is 36.7 Å². The van der Waals surface area contributed by atoms with Crippen LogP contribution in [0, 0.1) is 30.6 Å². The van der Waals surface area contributed by atoms with Crippen LogP contribution in [0.25, 0.3) is 41.3 Å². The van der Waals surface area contributed by atoms with Crippen molar-refractivity contribution < 1.29 is 0 Å². The van der Waals surface area contributed by atoms with Gasteiger partial charge in [0.25, 0.3) is 0 Å². The molecule has 0 bridgehead atoms. The second-order valence-electron chi connectivity index (χ2n) is 10.1. The quantitative estimate of drug-likeness (QED) is 0.247. The van der Waals surface area contributed by atoms with Crippen LogP contribution in [-0.2, 0) is 6.42 Å². The minimum atomic E-state index is 0.0998. The van der Waals surface area contributed by atoms with E-state index in [0.29, 0.717) is 5.56 Å². The molecular weight excluding hydrogens is 455 g/mol. The van der Waals surface area contributed by atoms with Gasteiger partial charge in [0, 0.05) is 0 Å². The van der Waals surface area contributed by atoms with Crippen LogP contribution in [0.5, 0.6) is 0 Å². The maximum absolute atomic E-state index is 9.85. The summed E-state index contributed by atoms with van der Waals surface area (Å²) in [6.07, 6.45) is 2.82. The van der Waals surface area contributed by atoms with Gasteiger partial charge >= 0.3 is 196 Å². The first kappa shape index (κ1) is 21.0. The van der Waals surface area contributed by atoms with Crippen LogP contribution in [0.3, 0.4) is 0 Å². The van der Waals surface area contributed by atoms with Crippen molar-refractivity contribution >= 4 is 44.6 Å². The number of hydrogen-bond donors (Lipinski definition) is 0. The van der Waals surface area contributed by atoms with Crippen LogP contribution in [-0.4, -0.2) is 19.5 Å². The van der Waals surface area contributed by atoms with E-state index >= 15 is 0 Å². The molecule has 0 saturated carbocycles. The van der Waals surface area contributed by atoms with Crippen LogP contribution >= 0.6 is 0 Å². The third-order valence-corrected chi connectivity index (χ3v) is 8.51. The molecule has 0 radical (unpaired) electrons. The number of fused-ring (bicyclic) bond motifs is 5. The number of pyridine rings is 1. The van der Waals surface area contributed by atoms with E-state index < -0.39 is 0 Å². The van der Waals surface area contributed by atoms with Crippen LogP contribution < -0.4 is 0 Å². The van der Waals surface area contributed by atoms with Crippen molar-refractivity contribution in [3.8, 4) is 17.3 Å². The van der Waals surface area contributed by atoms with Crippen molar-refractivity contribution in [2.24, 2.45) is 5.41 Å². The fourth-order valence-electron chi connectivity index (χ4n) is 4.74. The first-order chi connectivity index (χ1) is 15.2. The normalized spacial score (nSPS) is 12.0. The predicted octanol–water partition coefficient (Wildman–Crippen LogP) is 7.34. The average Bonchev–Trinajstić information content (AvgIpc) is 3.11. The molecule has 5 rings (SSSR count). The predicted molar refractivity (Wildman–Crippen MR) is 136 cm³/mol. The van der Waals surface area contributed by atoms with Gasteiger partial charge < -0.3 is 0 Å². The Morgan fingerprint density at radius 2 is 1.62 bits per heavy atom. The fourth-order valence-corrected chi connectivity index (χ4v) is 7.62. The van der Waals surface area contributed by atoms with E-state index in [2.05, 4.69) is 89.2 Å². The fraction of sp³-hybridized carbons (Fsp3) is 0.241. The van der Waals surface area contributed by atoms with E-state index in [4.69, 9.17) is 4.98 Å². The van der Waals surface area contributed by atoms with Gasteiger partial charge in [0.2, 0.25) is 0 Å². The minimum absolute atomic E-state index is 0.0998. The summed E-state index contributed by atoms with van der Waals surface area (Å²) in [5.74, 6) is 0. The molecule has 0 N–H and O–H groups in total. The Labute approximate surface area is 195 Å². The van der Waals surface area contributed by atoms with Gasteiger partial charge in [0.1, 0.15) is 0 Å². The SMILES string of the molecule is Cc1cc(C)cc(-c2ncc(C#N)c3c2[se]c2c4ccc(CC(C)(C)C)cc4ccc23)c1. The zero-order valence-corrected chi connectivity index (χ0v) is 20.9. The molecule has 2 aromatic heterocycles. The first-order valence-electron chi connectivity index (χ1n) is 11.0. The summed E-state index contributed by atoms with van der Waals surface area (Å²) in [6.45, 7) is 11.1. The van der Waals surface area contributed by atoms with Gasteiger partial charge in [0.15, 0.2) is 0 Å². The number of rotatable bonds is 2. The number of hydrogen-bond acceptors (Lipinski definition) is 2. The van der Waals surface area contributed by atoms with Crippen LogP contribution in [0.2, 0.25) is 0 Å². The summed E-state index contributed by atoms with van der Waals surface area (Å²) >= 11 is 0.0998. The molecule has 3 aromatic carbocycles. The van der Waals surface area contributed by atoms with E-state index in [1.165, 1.54) is 41.4 Å². The van der Waals surface area contributed by atoms with E-state index in [-0.39, 0.29) is 19.9 Å². The zero-order valence-electron chi connectivity index (χ0n) is 19.2. The standard InChI is InChI=1S/C29H26N2Se/c1-17-10-18(2)12-21(11-17)26-28-25(22(15-30)16-31-26)24-9-7-20-13-19(14-29(3,4)5)6-8-23(20)27(24)32-28/h6-13,16H,14H2,1-5H3. The molecular formula is C29H26N2Se. The Bertz CT molecular complexity index is 1540. The molecule has 0 spiro atoms. The van der Waals surface area contributed by atoms with Gasteiger partial charge in [-0.05, 0) is 0 Å². The Balaban J connectivity index is 1.81. The Kier molecular flexibility index (Phi) is 4.97. The van der Waals surface area contributed by atoms with Gasteiger partial charge in [-0.25, -0.2) is 0 Å².